The van der Waals surface area contributed by atoms with E-state index in [1.54, 1.807) is 18.2 Å². The molecule has 0 saturated carbocycles. The maximum atomic E-state index is 12.6. The molecule has 0 amide bonds. The van der Waals surface area contributed by atoms with Crippen LogP contribution in [0.1, 0.15) is 5.56 Å². The molecule has 1 heterocycles. The first-order chi connectivity index (χ1) is 11.7. The van der Waals surface area contributed by atoms with Gasteiger partial charge in [-0.15, -0.1) is 13.2 Å². The number of hydrogen-bond acceptors (Lipinski definition) is 3. The number of carbonyl (C=O) groups is 1. The number of para-hydroxylation sites is 1. The third-order valence-corrected chi connectivity index (χ3v) is 3.87. The molecule has 0 fully saturated rings. The summed E-state index contributed by atoms with van der Waals surface area (Å²) >= 11 is 0. The monoisotopic (exact) mass is 324 g/mol. The predicted octanol–water partition coefficient (Wildman–Crippen LogP) is 3.48. The van der Waals surface area contributed by atoms with Crippen LogP contribution in [-0.4, -0.2) is 41.6 Å². The van der Waals surface area contributed by atoms with Gasteiger partial charge in [0.15, 0.2) is 0 Å². The Hall–Kier alpha value is -2.59. The summed E-state index contributed by atoms with van der Waals surface area (Å²) < 4.78 is 5.31. The number of ether oxygens (including phenoxy) is 1. The Kier molecular flexibility index (Phi) is 6.58. The molecule has 126 valence electrons. The van der Waals surface area contributed by atoms with Crippen LogP contribution < -0.4 is 0 Å². The molecule has 0 aliphatic rings. The van der Waals surface area contributed by atoms with Crippen molar-refractivity contribution in [1.29, 1.82) is 0 Å². The van der Waals surface area contributed by atoms with Crippen molar-refractivity contribution in [3.05, 3.63) is 74.0 Å². The summed E-state index contributed by atoms with van der Waals surface area (Å²) in [6.45, 7) is 12.5. The van der Waals surface area contributed by atoms with E-state index in [1.807, 2.05) is 29.3 Å². The lowest BCUT2D eigenvalue weighted by molar-refractivity contribution is -0.148. The summed E-state index contributed by atoms with van der Waals surface area (Å²) in [5.74, 6) is -0.260. The van der Waals surface area contributed by atoms with Crippen molar-refractivity contribution in [2.24, 2.45) is 0 Å². The van der Waals surface area contributed by atoms with Crippen molar-refractivity contribution in [3.8, 4) is 0 Å². The van der Waals surface area contributed by atoms with Crippen LogP contribution in [0.15, 0.2) is 68.4 Å². The third-order valence-electron chi connectivity index (χ3n) is 3.87. The van der Waals surface area contributed by atoms with Gasteiger partial charge >= 0.3 is 5.97 Å². The van der Waals surface area contributed by atoms with Crippen molar-refractivity contribution < 1.29 is 9.53 Å². The Morgan fingerprint density at radius 1 is 1.17 bits per heavy atom. The number of nitrogens with zero attached hydrogens (tertiary/aromatic N) is 1. The number of aromatic nitrogens is 1. The molecule has 1 atom stereocenters. The number of fused-ring (bicyclic) bond motifs is 1. The van der Waals surface area contributed by atoms with Gasteiger partial charge in [-0.05, 0) is 11.6 Å². The Bertz CT molecular complexity index is 707. The van der Waals surface area contributed by atoms with E-state index in [9.17, 15) is 4.79 Å². The van der Waals surface area contributed by atoms with Crippen LogP contribution in [-0.2, 0) is 16.0 Å². The molecule has 1 aromatic heterocycles. The maximum Gasteiger partial charge on any atom is 0.324 e. The van der Waals surface area contributed by atoms with Gasteiger partial charge in [-0.25, -0.2) is 0 Å². The summed E-state index contributed by atoms with van der Waals surface area (Å²) in [6, 6.07) is 7.66. The lowest BCUT2D eigenvalue weighted by atomic mass is 10.0. The fourth-order valence-electron chi connectivity index (χ4n) is 2.77. The zero-order chi connectivity index (χ0) is 17.4. The van der Waals surface area contributed by atoms with Crippen molar-refractivity contribution >= 4 is 16.9 Å². The van der Waals surface area contributed by atoms with E-state index in [2.05, 4.69) is 30.8 Å². The smallest absolute Gasteiger partial charge is 0.324 e. The van der Waals surface area contributed by atoms with Crippen molar-refractivity contribution in [1.82, 2.24) is 9.88 Å². The Morgan fingerprint density at radius 3 is 2.54 bits per heavy atom. The number of H-pyrrole nitrogens is 1. The summed E-state index contributed by atoms with van der Waals surface area (Å²) in [5, 5.41) is 1.12. The number of hydrogen-bond donors (Lipinski definition) is 1. The van der Waals surface area contributed by atoms with Crippen molar-refractivity contribution in [2.75, 3.05) is 19.7 Å². The summed E-state index contributed by atoms with van der Waals surface area (Å²) in [4.78, 5) is 17.8. The molecule has 0 aliphatic carbocycles. The van der Waals surface area contributed by atoms with Crippen LogP contribution in [0, 0.1) is 0 Å². The van der Waals surface area contributed by atoms with Gasteiger partial charge in [-0.2, -0.15) is 0 Å². The molecule has 2 aromatic rings. The summed E-state index contributed by atoms with van der Waals surface area (Å²) in [5.41, 5.74) is 2.15. The second-order valence-electron chi connectivity index (χ2n) is 5.53. The molecule has 2 rings (SSSR count). The Labute approximate surface area is 143 Å². The molecular formula is C20H24N2O2. The minimum Gasteiger partial charge on any atom is -0.460 e. The summed E-state index contributed by atoms with van der Waals surface area (Å²) in [7, 11) is 0. The van der Waals surface area contributed by atoms with E-state index in [4.69, 9.17) is 4.74 Å². The number of benzene rings is 1. The minimum atomic E-state index is -0.403. The number of rotatable bonds is 10. The van der Waals surface area contributed by atoms with E-state index in [0.717, 1.165) is 16.5 Å². The SMILES string of the molecule is C=CCOC(=O)[C@H](Cc1c[nH]c2ccccc12)N(CC=C)CC=C. The summed E-state index contributed by atoms with van der Waals surface area (Å²) in [6.07, 6.45) is 7.66. The van der Waals surface area contributed by atoms with Gasteiger partial charge in [-0.3, -0.25) is 9.69 Å². The van der Waals surface area contributed by atoms with Gasteiger partial charge in [0, 0.05) is 36.6 Å². The standard InChI is InChI=1S/C20H24N2O2/c1-4-11-22(12-5-2)19(20(23)24-13-6-3)14-16-15-21-18-10-8-7-9-17(16)18/h4-10,15,19,21H,1-3,11-14H2/t19-/m0/s1. The zero-order valence-corrected chi connectivity index (χ0v) is 13.9. The van der Waals surface area contributed by atoms with Crippen LogP contribution >= 0.6 is 0 Å². The highest BCUT2D eigenvalue weighted by Crippen LogP contribution is 2.21. The first-order valence-electron chi connectivity index (χ1n) is 7.99. The lowest BCUT2D eigenvalue weighted by Crippen LogP contribution is -2.44. The lowest BCUT2D eigenvalue weighted by Gasteiger charge is -2.28. The highest BCUT2D eigenvalue weighted by molar-refractivity contribution is 5.84. The molecule has 0 aliphatic heterocycles. The topological polar surface area (TPSA) is 45.3 Å². The van der Waals surface area contributed by atoms with E-state index in [-0.39, 0.29) is 12.6 Å². The van der Waals surface area contributed by atoms with E-state index in [0.29, 0.717) is 19.5 Å². The number of carbonyl (C=O) groups excluding carboxylic acids is 1. The second kappa shape index (κ2) is 8.89. The van der Waals surface area contributed by atoms with Crippen molar-refractivity contribution in [3.63, 3.8) is 0 Å². The van der Waals surface area contributed by atoms with Gasteiger partial charge < -0.3 is 9.72 Å². The average molecular weight is 324 g/mol. The molecular weight excluding hydrogens is 300 g/mol. The van der Waals surface area contributed by atoms with Gasteiger partial charge in [0.05, 0.1) is 0 Å². The highest BCUT2D eigenvalue weighted by Gasteiger charge is 2.27. The molecule has 1 N–H and O–H groups in total. The number of esters is 1. The van der Waals surface area contributed by atoms with Gasteiger partial charge in [-0.1, -0.05) is 43.0 Å². The maximum absolute atomic E-state index is 12.6. The van der Waals surface area contributed by atoms with Gasteiger partial charge in [0.25, 0.3) is 0 Å². The minimum absolute atomic E-state index is 0.208. The normalized spacial score (nSPS) is 12.0. The number of aromatic amines is 1. The fourth-order valence-corrected chi connectivity index (χ4v) is 2.77. The van der Waals surface area contributed by atoms with Gasteiger partial charge in [0.2, 0.25) is 0 Å². The predicted molar refractivity (Wildman–Crippen MR) is 98.9 cm³/mol. The molecule has 24 heavy (non-hydrogen) atoms. The molecule has 4 nitrogen and oxygen atoms in total. The highest BCUT2D eigenvalue weighted by atomic mass is 16.5. The second-order valence-corrected chi connectivity index (χ2v) is 5.53. The van der Waals surface area contributed by atoms with Crippen molar-refractivity contribution in [2.45, 2.75) is 12.5 Å². The first kappa shape index (κ1) is 17.8. The first-order valence-corrected chi connectivity index (χ1v) is 7.99. The average Bonchev–Trinajstić information content (AvgIpc) is 3.00. The molecule has 1 aromatic carbocycles. The molecule has 0 saturated heterocycles. The molecule has 0 radical (unpaired) electrons. The van der Waals surface area contributed by atoms with Gasteiger partial charge in [0.1, 0.15) is 12.6 Å². The van der Waals surface area contributed by atoms with E-state index < -0.39 is 6.04 Å². The van der Waals surface area contributed by atoms with Crippen LogP contribution in [0.2, 0.25) is 0 Å². The fraction of sp³-hybridized carbons (Fsp3) is 0.250. The van der Waals surface area contributed by atoms with Crippen LogP contribution in [0.4, 0.5) is 0 Å². The van der Waals surface area contributed by atoms with Crippen LogP contribution in [0.3, 0.4) is 0 Å². The van der Waals surface area contributed by atoms with Crippen LogP contribution in [0.5, 0.6) is 0 Å². The third kappa shape index (κ3) is 4.24. The Morgan fingerprint density at radius 2 is 1.88 bits per heavy atom. The Balaban J connectivity index is 2.29. The number of nitrogens with one attached hydrogen (secondary N) is 1. The molecule has 0 spiro atoms. The van der Waals surface area contributed by atoms with E-state index >= 15 is 0 Å². The van der Waals surface area contributed by atoms with E-state index in [1.165, 1.54) is 0 Å². The van der Waals surface area contributed by atoms with Crippen LogP contribution in [0.25, 0.3) is 10.9 Å². The molecule has 0 bridgehead atoms. The molecule has 4 heteroatoms. The zero-order valence-electron chi connectivity index (χ0n) is 13.9. The largest absolute Gasteiger partial charge is 0.460 e. The quantitative estimate of drug-likeness (QED) is 0.537. The molecule has 0 unspecified atom stereocenters.